The van der Waals surface area contributed by atoms with E-state index in [0.717, 1.165) is 30.9 Å². The first-order valence-electron chi connectivity index (χ1n) is 8.25. The van der Waals surface area contributed by atoms with E-state index in [1.165, 1.54) is 0 Å². The van der Waals surface area contributed by atoms with Gasteiger partial charge in [-0.3, -0.25) is 4.79 Å². The first kappa shape index (κ1) is 17.7. The third-order valence-corrected chi connectivity index (χ3v) is 5.80. The second kappa shape index (κ2) is 7.50. The number of fused-ring (bicyclic) bond motifs is 1. The fourth-order valence-electron chi connectivity index (χ4n) is 2.77. The van der Waals surface area contributed by atoms with Gasteiger partial charge in [0.2, 0.25) is 0 Å². The highest BCUT2D eigenvalue weighted by Crippen LogP contribution is 2.34. The number of anilines is 1. The Morgan fingerprint density at radius 3 is 2.63 bits per heavy atom. The lowest BCUT2D eigenvalue weighted by molar-refractivity contribution is 0.102. The number of hydrogen-bond donors (Lipinski definition) is 1. The lowest BCUT2D eigenvalue weighted by atomic mass is 10.1. The Morgan fingerprint density at radius 1 is 1.07 bits per heavy atom. The minimum atomic E-state index is -0.188. The Morgan fingerprint density at radius 2 is 1.85 bits per heavy atom. The zero-order chi connectivity index (χ0) is 18.8. The van der Waals surface area contributed by atoms with Gasteiger partial charge in [-0.05, 0) is 58.4 Å². The summed E-state index contributed by atoms with van der Waals surface area (Å²) in [4.78, 5) is 17.4. The lowest BCUT2D eigenvalue weighted by Gasteiger charge is -2.10. The summed E-state index contributed by atoms with van der Waals surface area (Å²) in [6.45, 7) is 0. The number of para-hydroxylation sites is 2. The molecule has 1 amide bonds. The fraction of sp³-hybridized carbons (Fsp3) is 0.0476. The number of benzene rings is 3. The first-order chi connectivity index (χ1) is 13.2. The predicted octanol–water partition coefficient (Wildman–Crippen LogP) is 5.99. The Kier molecular flexibility index (Phi) is 4.92. The highest BCUT2D eigenvalue weighted by atomic mass is 79.9. The number of thiazole rings is 1. The summed E-state index contributed by atoms with van der Waals surface area (Å²) in [6.07, 6.45) is 0. The van der Waals surface area contributed by atoms with Gasteiger partial charge in [-0.25, -0.2) is 4.98 Å². The van der Waals surface area contributed by atoms with Crippen LogP contribution in [0.2, 0.25) is 0 Å². The molecule has 0 bridgehead atoms. The zero-order valence-corrected chi connectivity index (χ0v) is 16.8. The van der Waals surface area contributed by atoms with Crippen molar-refractivity contribution in [3.8, 4) is 16.3 Å². The number of nitrogens with one attached hydrogen (secondary N) is 1. The molecule has 0 unspecified atom stereocenters. The number of rotatable bonds is 4. The minimum Gasteiger partial charge on any atom is -0.496 e. The van der Waals surface area contributed by atoms with Gasteiger partial charge < -0.3 is 10.1 Å². The van der Waals surface area contributed by atoms with E-state index >= 15 is 0 Å². The van der Waals surface area contributed by atoms with Gasteiger partial charge >= 0.3 is 0 Å². The van der Waals surface area contributed by atoms with Crippen molar-refractivity contribution in [2.75, 3.05) is 12.4 Å². The number of nitrogens with zero attached hydrogens (tertiary/aromatic N) is 1. The molecule has 3 aromatic carbocycles. The van der Waals surface area contributed by atoms with E-state index in [4.69, 9.17) is 9.72 Å². The molecule has 0 saturated carbocycles. The van der Waals surface area contributed by atoms with Crippen LogP contribution in [0.15, 0.2) is 71.2 Å². The van der Waals surface area contributed by atoms with Gasteiger partial charge in [0.05, 0.1) is 27.5 Å². The Balaban J connectivity index is 1.67. The number of methoxy groups -OCH3 is 1. The molecule has 1 aromatic heterocycles. The largest absolute Gasteiger partial charge is 0.496 e. The van der Waals surface area contributed by atoms with Crippen molar-refractivity contribution < 1.29 is 9.53 Å². The number of carbonyl (C=O) groups excluding carboxylic acids is 1. The third kappa shape index (κ3) is 3.59. The molecule has 0 saturated heterocycles. The van der Waals surface area contributed by atoms with Crippen molar-refractivity contribution in [3.63, 3.8) is 0 Å². The van der Waals surface area contributed by atoms with Crippen molar-refractivity contribution >= 4 is 49.1 Å². The first-order valence-corrected chi connectivity index (χ1v) is 9.86. The van der Waals surface area contributed by atoms with E-state index < -0.39 is 0 Å². The molecule has 1 heterocycles. The van der Waals surface area contributed by atoms with Crippen molar-refractivity contribution in [3.05, 3.63) is 76.8 Å². The molecule has 0 aliphatic rings. The summed E-state index contributed by atoms with van der Waals surface area (Å²) in [5.74, 6) is 0.494. The normalized spacial score (nSPS) is 10.7. The van der Waals surface area contributed by atoms with E-state index in [9.17, 15) is 4.79 Å². The highest BCUT2D eigenvalue weighted by Gasteiger charge is 2.14. The summed E-state index contributed by atoms with van der Waals surface area (Å²) in [5, 5.41) is 3.88. The molecule has 4 aromatic rings. The molecule has 0 radical (unpaired) electrons. The van der Waals surface area contributed by atoms with Gasteiger partial charge in [-0.15, -0.1) is 11.3 Å². The number of hydrogen-bond acceptors (Lipinski definition) is 4. The molecule has 0 aliphatic heterocycles. The molecule has 134 valence electrons. The number of halogens is 1. The van der Waals surface area contributed by atoms with Crippen molar-refractivity contribution in [2.45, 2.75) is 0 Å². The molecular formula is C21H15BrN2O2S. The number of amides is 1. The molecule has 1 N–H and O–H groups in total. The van der Waals surface area contributed by atoms with Crippen LogP contribution in [0.5, 0.6) is 5.75 Å². The van der Waals surface area contributed by atoms with Crippen LogP contribution in [0.25, 0.3) is 20.8 Å². The van der Waals surface area contributed by atoms with Crippen LogP contribution in [0, 0.1) is 0 Å². The number of aromatic nitrogens is 1. The van der Waals surface area contributed by atoms with Gasteiger partial charge in [-0.1, -0.05) is 24.3 Å². The van der Waals surface area contributed by atoms with E-state index in [2.05, 4.69) is 21.2 Å². The van der Waals surface area contributed by atoms with Crippen LogP contribution in [-0.4, -0.2) is 18.0 Å². The molecule has 0 fully saturated rings. The molecule has 4 nitrogen and oxygen atoms in total. The van der Waals surface area contributed by atoms with E-state index in [1.807, 2.05) is 48.5 Å². The fourth-order valence-corrected chi connectivity index (χ4v) is 4.31. The summed E-state index contributed by atoms with van der Waals surface area (Å²) >= 11 is 5.03. The molecule has 4 rings (SSSR count). The number of ether oxygens (including phenoxy) is 1. The van der Waals surface area contributed by atoms with Crippen LogP contribution >= 0.6 is 27.3 Å². The molecule has 0 spiro atoms. The van der Waals surface area contributed by atoms with Gasteiger partial charge in [-0.2, -0.15) is 0 Å². The average Bonchev–Trinajstić information content (AvgIpc) is 3.12. The maximum atomic E-state index is 12.7. The molecule has 27 heavy (non-hydrogen) atoms. The molecule has 6 heteroatoms. The second-order valence-corrected chi connectivity index (χ2v) is 7.72. The van der Waals surface area contributed by atoms with Gasteiger partial charge in [0.1, 0.15) is 10.8 Å². The molecule has 0 atom stereocenters. The SMILES string of the molecule is COc1ccc(C(=O)Nc2ccccc2-c2nc3ccccc3s2)cc1Br. The Labute approximate surface area is 169 Å². The lowest BCUT2D eigenvalue weighted by Crippen LogP contribution is -2.12. The van der Waals surface area contributed by atoms with Crippen LogP contribution < -0.4 is 10.1 Å². The van der Waals surface area contributed by atoms with Crippen LogP contribution in [0.4, 0.5) is 5.69 Å². The standard InChI is InChI=1S/C21H15BrN2O2S/c1-26-18-11-10-13(12-15(18)22)20(25)23-16-7-3-2-6-14(16)21-24-17-8-4-5-9-19(17)27-21/h2-12H,1H3,(H,23,25). The molecule has 0 aliphatic carbocycles. The van der Waals surface area contributed by atoms with E-state index in [-0.39, 0.29) is 5.91 Å². The van der Waals surface area contributed by atoms with Gasteiger partial charge in [0.25, 0.3) is 5.91 Å². The summed E-state index contributed by atoms with van der Waals surface area (Å²) in [7, 11) is 1.59. The van der Waals surface area contributed by atoms with Crippen molar-refractivity contribution in [2.24, 2.45) is 0 Å². The molecular weight excluding hydrogens is 424 g/mol. The maximum Gasteiger partial charge on any atom is 0.255 e. The van der Waals surface area contributed by atoms with Crippen molar-refractivity contribution in [1.82, 2.24) is 4.98 Å². The Bertz CT molecular complexity index is 1110. The second-order valence-electron chi connectivity index (χ2n) is 5.84. The van der Waals surface area contributed by atoms with Gasteiger partial charge in [0, 0.05) is 11.1 Å². The summed E-state index contributed by atoms with van der Waals surface area (Å²) in [5.41, 5.74) is 3.13. The number of carbonyl (C=O) groups is 1. The quantitative estimate of drug-likeness (QED) is 0.425. The smallest absolute Gasteiger partial charge is 0.255 e. The van der Waals surface area contributed by atoms with Crippen LogP contribution in [-0.2, 0) is 0 Å². The predicted molar refractivity (Wildman–Crippen MR) is 114 cm³/mol. The average molecular weight is 439 g/mol. The minimum absolute atomic E-state index is 0.188. The van der Waals surface area contributed by atoms with Crippen LogP contribution in [0.3, 0.4) is 0 Å². The van der Waals surface area contributed by atoms with Gasteiger partial charge in [0.15, 0.2) is 0 Å². The maximum absolute atomic E-state index is 12.7. The van der Waals surface area contributed by atoms with E-state index in [1.54, 1.807) is 36.6 Å². The Hall–Kier alpha value is -2.70. The highest BCUT2D eigenvalue weighted by molar-refractivity contribution is 9.10. The zero-order valence-electron chi connectivity index (χ0n) is 14.4. The van der Waals surface area contributed by atoms with Crippen molar-refractivity contribution in [1.29, 1.82) is 0 Å². The summed E-state index contributed by atoms with van der Waals surface area (Å²) in [6, 6.07) is 21.0. The van der Waals surface area contributed by atoms with Crippen LogP contribution in [0.1, 0.15) is 10.4 Å². The third-order valence-electron chi connectivity index (χ3n) is 4.11. The summed E-state index contributed by atoms with van der Waals surface area (Å²) < 4.78 is 7.07. The van der Waals surface area contributed by atoms with E-state index in [0.29, 0.717) is 11.3 Å². The monoisotopic (exact) mass is 438 g/mol. The topological polar surface area (TPSA) is 51.2 Å².